The molecule has 0 saturated carbocycles. The van der Waals surface area contributed by atoms with Gasteiger partial charge in [0.05, 0.1) is 11.3 Å². The summed E-state index contributed by atoms with van der Waals surface area (Å²) in [4.78, 5) is 37.4. The maximum atomic E-state index is 12.6. The van der Waals surface area contributed by atoms with Gasteiger partial charge in [0, 0.05) is 23.2 Å². The molecule has 0 radical (unpaired) electrons. The van der Waals surface area contributed by atoms with Gasteiger partial charge in [0.1, 0.15) is 5.58 Å². The van der Waals surface area contributed by atoms with Crippen molar-refractivity contribution in [2.24, 2.45) is 0 Å². The lowest BCUT2D eigenvalue weighted by Crippen LogP contribution is -2.29. The largest absolute Gasteiger partial charge is 0.422 e. The number of anilines is 2. The van der Waals surface area contributed by atoms with Crippen LogP contribution in [0.4, 0.5) is 11.4 Å². The number of nitrogen functional groups attached to an aromatic ring is 1. The van der Waals surface area contributed by atoms with Crippen LogP contribution >= 0.6 is 0 Å². The number of imide groups is 1. The summed E-state index contributed by atoms with van der Waals surface area (Å²) in [6, 6.07) is 10.3. The van der Waals surface area contributed by atoms with Crippen molar-refractivity contribution in [1.29, 1.82) is 0 Å². The van der Waals surface area contributed by atoms with E-state index in [-0.39, 0.29) is 11.8 Å². The molecule has 0 spiro atoms. The molecule has 6 nitrogen and oxygen atoms in total. The predicted molar refractivity (Wildman–Crippen MR) is 108 cm³/mol. The monoisotopic (exact) mass is 374 g/mol. The average Bonchev–Trinajstić information content (AvgIpc) is 3.01. The molecule has 1 aliphatic heterocycles. The highest BCUT2D eigenvalue weighted by Crippen LogP contribution is 2.33. The van der Waals surface area contributed by atoms with Gasteiger partial charge in [-0.05, 0) is 48.2 Å². The molecule has 2 aromatic carbocycles. The Kier molecular flexibility index (Phi) is 4.11. The van der Waals surface area contributed by atoms with Crippen molar-refractivity contribution in [3.63, 3.8) is 0 Å². The summed E-state index contributed by atoms with van der Waals surface area (Å²) in [5, 5.41) is 0.729. The zero-order valence-corrected chi connectivity index (χ0v) is 15.5. The van der Waals surface area contributed by atoms with Crippen LogP contribution in [0, 0.1) is 6.92 Å². The highest BCUT2D eigenvalue weighted by atomic mass is 16.4. The third-order valence-electron chi connectivity index (χ3n) is 5.06. The summed E-state index contributed by atoms with van der Waals surface area (Å²) in [7, 11) is 0. The first kappa shape index (κ1) is 17.7. The number of nitrogens with two attached hydrogens (primary N) is 1. The Morgan fingerprint density at radius 3 is 2.21 bits per heavy atom. The second-order valence-electron chi connectivity index (χ2n) is 6.65. The average molecular weight is 374 g/mol. The van der Waals surface area contributed by atoms with Crippen LogP contribution < -0.4 is 16.3 Å². The van der Waals surface area contributed by atoms with Crippen molar-refractivity contribution in [3.8, 4) is 11.1 Å². The fourth-order valence-electron chi connectivity index (χ4n) is 3.62. The van der Waals surface area contributed by atoms with Gasteiger partial charge < -0.3 is 10.2 Å². The van der Waals surface area contributed by atoms with Crippen molar-refractivity contribution in [3.05, 3.63) is 70.1 Å². The van der Waals surface area contributed by atoms with Gasteiger partial charge in [0.2, 0.25) is 0 Å². The summed E-state index contributed by atoms with van der Waals surface area (Å²) >= 11 is 0. The van der Waals surface area contributed by atoms with Crippen molar-refractivity contribution < 1.29 is 14.0 Å². The number of benzene rings is 2. The zero-order chi connectivity index (χ0) is 20.0. The Labute approximate surface area is 160 Å². The summed E-state index contributed by atoms with van der Waals surface area (Å²) < 4.78 is 5.51. The minimum atomic E-state index is -0.462. The minimum Gasteiger partial charge on any atom is -0.422 e. The van der Waals surface area contributed by atoms with Gasteiger partial charge in [-0.15, -0.1) is 0 Å². The Hall–Kier alpha value is -3.67. The second kappa shape index (κ2) is 6.49. The Morgan fingerprint density at radius 1 is 0.964 bits per heavy atom. The fraction of sp³-hybridized carbons (Fsp3) is 0.136. The van der Waals surface area contributed by atoms with Gasteiger partial charge in [0.15, 0.2) is 0 Å². The van der Waals surface area contributed by atoms with Gasteiger partial charge in [-0.2, -0.15) is 0 Å². The Balaban J connectivity index is 1.85. The van der Waals surface area contributed by atoms with E-state index < -0.39 is 5.63 Å². The molecule has 0 unspecified atom stereocenters. The first-order valence-electron chi connectivity index (χ1n) is 8.93. The predicted octanol–water partition coefficient (Wildman–Crippen LogP) is 3.34. The van der Waals surface area contributed by atoms with Gasteiger partial charge in [-0.3, -0.25) is 9.59 Å². The summed E-state index contributed by atoms with van der Waals surface area (Å²) in [5.41, 5.74) is 10.1. The second-order valence-corrected chi connectivity index (χ2v) is 6.65. The minimum absolute atomic E-state index is 0.390. The normalized spacial score (nSPS) is 13.7. The van der Waals surface area contributed by atoms with Crippen molar-refractivity contribution in [2.75, 3.05) is 10.6 Å². The molecule has 2 N–H and O–H groups in total. The quantitative estimate of drug-likeness (QED) is 0.431. The van der Waals surface area contributed by atoms with E-state index >= 15 is 0 Å². The highest BCUT2D eigenvalue weighted by molar-refractivity contribution is 6.28. The number of aryl methyl sites for hydroxylation is 2. The van der Waals surface area contributed by atoms with Crippen LogP contribution in [0.25, 0.3) is 22.1 Å². The van der Waals surface area contributed by atoms with E-state index in [4.69, 9.17) is 10.2 Å². The van der Waals surface area contributed by atoms with Gasteiger partial charge >= 0.3 is 5.63 Å². The molecule has 140 valence electrons. The third-order valence-corrected chi connectivity index (χ3v) is 5.06. The molecule has 2 heterocycles. The molecule has 3 aromatic rings. The molecule has 0 atom stereocenters. The number of nitrogens with zero attached hydrogens (tertiary/aromatic N) is 1. The van der Waals surface area contributed by atoms with E-state index in [1.807, 2.05) is 19.9 Å². The molecule has 1 aliphatic rings. The summed E-state index contributed by atoms with van der Waals surface area (Å²) in [6.07, 6.45) is 3.23. The van der Waals surface area contributed by atoms with Crippen LogP contribution in [0.3, 0.4) is 0 Å². The van der Waals surface area contributed by atoms with E-state index in [1.54, 1.807) is 30.3 Å². The van der Waals surface area contributed by atoms with E-state index in [0.717, 1.165) is 27.8 Å². The first-order valence-corrected chi connectivity index (χ1v) is 8.93. The summed E-state index contributed by atoms with van der Waals surface area (Å²) in [6.45, 7) is 3.86. The van der Waals surface area contributed by atoms with Crippen LogP contribution in [-0.4, -0.2) is 11.8 Å². The number of hydrogen-bond acceptors (Lipinski definition) is 5. The number of hydrogen-bond donors (Lipinski definition) is 1. The van der Waals surface area contributed by atoms with Crippen molar-refractivity contribution >= 4 is 34.2 Å². The third kappa shape index (κ3) is 2.62. The number of amides is 2. The van der Waals surface area contributed by atoms with Crippen molar-refractivity contribution in [2.45, 2.75) is 20.3 Å². The SMILES string of the molecule is CCc1ccc2oc(=O)c(-c3ccc(N4C(=O)C=CC4=O)cc3)c(C)c2c1N. The van der Waals surface area contributed by atoms with Crippen LogP contribution in [0.2, 0.25) is 0 Å². The zero-order valence-electron chi connectivity index (χ0n) is 15.5. The van der Waals surface area contributed by atoms with Gasteiger partial charge in [0.25, 0.3) is 11.8 Å². The van der Waals surface area contributed by atoms with E-state index in [9.17, 15) is 14.4 Å². The van der Waals surface area contributed by atoms with E-state index in [2.05, 4.69) is 0 Å². The smallest absolute Gasteiger partial charge is 0.344 e. The van der Waals surface area contributed by atoms with Crippen LogP contribution in [-0.2, 0) is 16.0 Å². The molecule has 0 bridgehead atoms. The first-order chi connectivity index (χ1) is 13.4. The highest BCUT2D eigenvalue weighted by Gasteiger charge is 2.25. The van der Waals surface area contributed by atoms with E-state index in [1.165, 1.54) is 12.2 Å². The van der Waals surface area contributed by atoms with Crippen LogP contribution in [0.1, 0.15) is 18.1 Å². The maximum Gasteiger partial charge on any atom is 0.344 e. The molecule has 0 fully saturated rings. The molecule has 28 heavy (non-hydrogen) atoms. The van der Waals surface area contributed by atoms with Gasteiger partial charge in [-0.1, -0.05) is 25.1 Å². The molecule has 6 heteroatoms. The maximum absolute atomic E-state index is 12.6. The topological polar surface area (TPSA) is 93.6 Å². The van der Waals surface area contributed by atoms with Gasteiger partial charge in [-0.25, -0.2) is 9.69 Å². The molecular formula is C22H18N2O4. The molecule has 0 saturated heterocycles. The lowest BCUT2D eigenvalue weighted by Gasteiger charge is -2.15. The Bertz CT molecular complexity index is 1200. The van der Waals surface area contributed by atoms with Crippen LogP contribution in [0.15, 0.2) is 57.8 Å². The molecule has 2 amide bonds. The number of rotatable bonds is 3. The molecule has 0 aliphatic carbocycles. The number of carbonyl (C=O) groups excluding carboxylic acids is 2. The molecular weight excluding hydrogens is 356 g/mol. The lowest BCUT2D eigenvalue weighted by atomic mass is 9.96. The number of fused-ring (bicyclic) bond motifs is 1. The van der Waals surface area contributed by atoms with Crippen LogP contribution in [0.5, 0.6) is 0 Å². The summed E-state index contributed by atoms with van der Waals surface area (Å²) in [5.74, 6) is -0.780. The van der Waals surface area contributed by atoms with E-state index in [0.29, 0.717) is 28.1 Å². The molecule has 4 rings (SSSR count). The number of carbonyl (C=O) groups is 2. The standard InChI is InChI=1S/C22H18N2O4/c1-3-13-6-9-16-20(21(13)23)12(2)19(22(27)28-16)14-4-7-15(8-5-14)24-17(25)10-11-18(24)26/h4-11H,3,23H2,1-2H3. The lowest BCUT2D eigenvalue weighted by molar-refractivity contribution is -0.119. The van der Waals surface area contributed by atoms with Crippen molar-refractivity contribution in [1.82, 2.24) is 0 Å². The fourth-order valence-corrected chi connectivity index (χ4v) is 3.62. The molecule has 1 aromatic heterocycles. The Morgan fingerprint density at radius 2 is 1.61 bits per heavy atom.